The second kappa shape index (κ2) is 8.54. The average Bonchev–Trinajstić information content (AvgIpc) is 3.60. The number of rotatable bonds is 5. The van der Waals surface area contributed by atoms with Crippen LogP contribution in [0.1, 0.15) is 5.56 Å². The molecule has 0 unspecified atom stereocenters. The molecule has 0 aliphatic carbocycles. The third kappa shape index (κ3) is 3.29. The number of para-hydroxylation sites is 3. The summed E-state index contributed by atoms with van der Waals surface area (Å²) >= 11 is 0. The second-order valence-electron chi connectivity index (χ2n) is 9.30. The Hall–Kier alpha value is -5.01. The van der Waals surface area contributed by atoms with Crippen LogP contribution in [0.15, 0.2) is 104 Å². The van der Waals surface area contributed by atoms with Crippen molar-refractivity contribution in [3.8, 4) is 5.69 Å². The first kappa shape index (κ1) is 22.2. The molecule has 7 rings (SSSR count). The number of aliphatic hydroxyl groups excluding tert-OH is 1. The normalized spacial score (nSPS) is 13.8. The molecule has 7 heteroatoms. The molecule has 3 aromatic carbocycles. The summed E-state index contributed by atoms with van der Waals surface area (Å²) in [5.74, 6) is -0.762. The number of benzene rings is 3. The average molecular weight is 499 g/mol. The summed E-state index contributed by atoms with van der Waals surface area (Å²) in [6.07, 6.45) is 6.91. The number of nitrogens with zero attached hydrogens (tertiary/aromatic N) is 4. The number of anilines is 1. The van der Waals surface area contributed by atoms with Gasteiger partial charge in [0.15, 0.2) is 0 Å². The summed E-state index contributed by atoms with van der Waals surface area (Å²) in [4.78, 5) is 33.0. The molecular formula is C31H22N4O3. The Bertz CT molecular complexity index is 1950. The minimum Gasteiger partial charge on any atom is -0.395 e. The SMILES string of the molecule is O=C1C=C(c2cn(-c3cnc4ccccc4c3)c3ccccc23)C(=O)N1c1cn(CCO)c2ccccc12. The lowest BCUT2D eigenvalue weighted by Crippen LogP contribution is -2.30. The van der Waals surface area contributed by atoms with Gasteiger partial charge in [0.1, 0.15) is 0 Å². The van der Waals surface area contributed by atoms with Crippen molar-refractivity contribution in [3.05, 3.63) is 109 Å². The molecule has 3 aromatic heterocycles. The quantitative estimate of drug-likeness (QED) is 0.336. The van der Waals surface area contributed by atoms with E-state index in [9.17, 15) is 14.7 Å². The van der Waals surface area contributed by atoms with Gasteiger partial charge >= 0.3 is 0 Å². The molecule has 0 atom stereocenters. The molecule has 1 aliphatic heterocycles. The fourth-order valence-corrected chi connectivity index (χ4v) is 5.39. The molecule has 38 heavy (non-hydrogen) atoms. The van der Waals surface area contributed by atoms with Crippen molar-refractivity contribution in [1.82, 2.24) is 14.1 Å². The fraction of sp³-hybridized carbons (Fsp3) is 0.0645. The molecule has 184 valence electrons. The number of aliphatic hydroxyl groups is 1. The maximum atomic E-state index is 13.8. The van der Waals surface area contributed by atoms with E-state index in [0.29, 0.717) is 23.4 Å². The fourth-order valence-electron chi connectivity index (χ4n) is 5.39. The Balaban J connectivity index is 1.35. The van der Waals surface area contributed by atoms with Crippen LogP contribution in [-0.4, -0.2) is 37.6 Å². The van der Waals surface area contributed by atoms with Gasteiger partial charge < -0.3 is 14.2 Å². The van der Waals surface area contributed by atoms with Gasteiger partial charge in [0.05, 0.1) is 46.3 Å². The highest BCUT2D eigenvalue weighted by atomic mass is 16.3. The first-order valence-electron chi connectivity index (χ1n) is 12.4. The van der Waals surface area contributed by atoms with Gasteiger partial charge in [-0.25, -0.2) is 4.90 Å². The monoisotopic (exact) mass is 498 g/mol. The molecule has 0 bridgehead atoms. The van der Waals surface area contributed by atoms with Crippen LogP contribution in [-0.2, 0) is 16.1 Å². The summed E-state index contributed by atoms with van der Waals surface area (Å²) in [7, 11) is 0. The van der Waals surface area contributed by atoms with Crippen LogP contribution in [0, 0.1) is 0 Å². The molecule has 2 amide bonds. The van der Waals surface area contributed by atoms with Crippen LogP contribution in [0.5, 0.6) is 0 Å². The maximum absolute atomic E-state index is 13.8. The molecule has 6 aromatic rings. The van der Waals surface area contributed by atoms with Crippen LogP contribution < -0.4 is 4.90 Å². The summed E-state index contributed by atoms with van der Waals surface area (Å²) in [6, 6.07) is 25.4. The molecule has 0 spiro atoms. The van der Waals surface area contributed by atoms with Gasteiger partial charge in [-0.05, 0) is 24.3 Å². The Labute approximate surface area is 217 Å². The highest BCUT2D eigenvalue weighted by molar-refractivity contribution is 6.45. The van der Waals surface area contributed by atoms with E-state index in [4.69, 9.17) is 0 Å². The zero-order valence-corrected chi connectivity index (χ0v) is 20.3. The number of carbonyl (C=O) groups is 2. The van der Waals surface area contributed by atoms with Gasteiger partial charge in [-0.1, -0.05) is 54.6 Å². The topological polar surface area (TPSA) is 80.4 Å². The predicted octanol–water partition coefficient (Wildman–Crippen LogP) is 5.08. The van der Waals surface area contributed by atoms with Gasteiger partial charge in [-0.3, -0.25) is 14.6 Å². The standard InChI is InChI=1S/C31H22N4O3/c36-14-13-33-19-29(23-9-3-5-11-27(23)33)35-30(37)16-24(31(35)38)25-18-34(28-12-6-2-8-22(25)28)21-15-20-7-1-4-10-26(20)32-17-21/h1-12,15-19,36H,13-14H2. The summed E-state index contributed by atoms with van der Waals surface area (Å²) in [5.41, 5.74) is 5.09. The zero-order valence-electron chi connectivity index (χ0n) is 20.3. The number of fused-ring (bicyclic) bond motifs is 3. The van der Waals surface area contributed by atoms with Gasteiger partial charge in [-0.15, -0.1) is 0 Å². The number of carbonyl (C=O) groups excluding carboxylic acids is 2. The van der Waals surface area contributed by atoms with Crippen LogP contribution >= 0.6 is 0 Å². The summed E-state index contributed by atoms with van der Waals surface area (Å²) in [5, 5.41) is 12.2. The third-order valence-corrected chi connectivity index (χ3v) is 7.13. The third-order valence-electron chi connectivity index (χ3n) is 7.13. The number of imide groups is 1. The minimum absolute atomic E-state index is 0.0490. The van der Waals surface area contributed by atoms with Gasteiger partial charge in [-0.2, -0.15) is 0 Å². The molecule has 1 aliphatic rings. The van der Waals surface area contributed by atoms with Crippen LogP contribution in [0.4, 0.5) is 5.69 Å². The molecule has 7 nitrogen and oxygen atoms in total. The lowest BCUT2D eigenvalue weighted by atomic mass is 10.1. The second-order valence-corrected chi connectivity index (χ2v) is 9.30. The Kier molecular flexibility index (Phi) is 4.99. The number of amides is 2. The lowest BCUT2D eigenvalue weighted by Gasteiger charge is -2.13. The molecule has 1 N–H and O–H groups in total. The molecule has 0 radical (unpaired) electrons. The maximum Gasteiger partial charge on any atom is 0.266 e. The summed E-state index contributed by atoms with van der Waals surface area (Å²) in [6.45, 7) is 0.316. The first-order valence-corrected chi connectivity index (χ1v) is 12.4. The van der Waals surface area contributed by atoms with Crippen molar-refractivity contribution in [2.24, 2.45) is 0 Å². The largest absolute Gasteiger partial charge is 0.395 e. The number of pyridine rings is 1. The minimum atomic E-state index is -0.388. The smallest absolute Gasteiger partial charge is 0.266 e. The molecular weight excluding hydrogens is 476 g/mol. The van der Waals surface area contributed by atoms with Gasteiger partial charge in [0.25, 0.3) is 11.8 Å². The van der Waals surface area contributed by atoms with Gasteiger partial charge in [0, 0.05) is 46.7 Å². The van der Waals surface area contributed by atoms with Crippen LogP contribution in [0.2, 0.25) is 0 Å². The van der Waals surface area contributed by atoms with Crippen molar-refractivity contribution in [1.29, 1.82) is 0 Å². The van der Waals surface area contributed by atoms with Crippen molar-refractivity contribution in [2.75, 3.05) is 11.5 Å². The molecule has 0 saturated heterocycles. The van der Waals surface area contributed by atoms with Crippen molar-refractivity contribution in [3.63, 3.8) is 0 Å². The van der Waals surface area contributed by atoms with E-state index in [0.717, 1.165) is 38.4 Å². The van der Waals surface area contributed by atoms with E-state index in [1.807, 2.05) is 94.3 Å². The molecule has 4 heterocycles. The first-order chi connectivity index (χ1) is 18.6. The number of hydrogen-bond acceptors (Lipinski definition) is 4. The summed E-state index contributed by atoms with van der Waals surface area (Å²) < 4.78 is 3.88. The van der Waals surface area contributed by atoms with E-state index >= 15 is 0 Å². The van der Waals surface area contributed by atoms with Crippen LogP contribution in [0.3, 0.4) is 0 Å². The highest BCUT2D eigenvalue weighted by Crippen LogP contribution is 2.38. The lowest BCUT2D eigenvalue weighted by molar-refractivity contribution is -0.119. The van der Waals surface area contributed by atoms with Crippen molar-refractivity contribution >= 4 is 55.8 Å². The van der Waals surface area contributed by atoms with E-state index < -0.39 is 0 Å². The van der Waals surface area contributed by atoms with Crippen molar-refractivity contribution < 1.29 is 14.7 Å². The van der Waals surface area contributed by atoms with E-state index in [-0.39, 0.29) is 18.4 Å². The zero-order chi connectivity index (χ0) is 25.8. The Morgan fingerprint density at radius 2 is 1.55 bits per heavy atom. The van der Waals surface area contributed by atoms with E-state index in [1.165, 1.54) is 11.0 Å². The van der Waals surface area contributed by atoms with E-state index in [1.54, 1.807) is 6.20 Å². The van der Waals surface area contributed by atoms with Gasteiger partial charge in [0.2, 0.25) is 0 Å². The Morgan fingerprint density at radius 3 is 2.39 bits per heavy atom. The van der Waals surface area contributed by atoms with Crippen LogP contribution in [0.25, 0.3) is 44.0 Å². The van der Waals surface area contributed by atoms with E-state index in [2.05, 4.69) is 11.1 Å². The van der Waals surface area contributed by atoms with Crippen molar-refractivity contribution in [2.45, 2.75) is 6.54 Å². The number of aromatic nitrogens is 3. The molecule has 0 saturated carbocycles. The predicted molar refractivity (Wildman–Crippen MR) is 148 cm³/mol. The molecule has 0 fully saturated rings. The number of hydrogen-bond donors (Lipinski definition) is 1. The highest BCUT2D eigenvalue weighted by Gasteiger charge is 2.36. The Morgan fingerprint density at radius 1 is 0.816 bits per heavy atom.